The van der Waals surface area contributed by atoms with Gasteiger partial charge in [0.15, 0.2) is 5.17 Å². The fourth-order valence-corrected chi connectivity index (χ4v) is 3.96. The Morgan fingerprint density at radius 3 is 2.83 bits per heavy atom. The van der Waals surface area contributed by atoms with Crippen LogP contribution < -0.4 is 5.32 Å². The highest BCUT2D eigenvalue weighted by Gasteiger charge is 2.38. The van der Waals surface area contributed by atoms with Gasteiger partial charge in [-0.1, -0.05) is 42.3 Å². The van der Waals surface area contributed by atoms with Crippen LogP contribution in [0, 0.1) is 5.82 Å². The minimum atomic E-state index is -0.335. The molecule has 0 unspecified atom stereocenters. The highest BCUT2D eigenvalue weighted by molar-refractivity contribution is 8.14. The van der Waals surface area contributed by atoms with Gasteiger partial charge in [0.2, 0.25) is 0 Å². The molecule has 1 aromatic rings. The molecule has 96 valence electrons. The molecule has 0 aromatic heterocycles. The van der Waals surface area contributed by atoms with E-state index < -0.39 is 0 Å². The van der Waals surface area contributed by atoms with E-state index in [2.05, 4.69) is 5.32 Å². The second-order valence-electron chi connectivity index (χ2n) is 4.86. The van der Waals surface area contributed by atoms with Gasteiger partial charge in [0.25, 0.3) is 0 Å². The molecule has 2 nitrogen and oxygen atoms in total. The number of amidine groups is 1. The molecule has 1 N–H and O–H groups in total. The number of rotatable bonds is 1. The minimum absolute atomic E-state index is 0.102. The third kappa shape index (κ3) is 2.24. The molecule has 0 saturated heterocycles. The molecule has 1 aliphatic heterocycles. The van der Waals surface area contributed by atoms with Crippen molar-refractivity contribution in [3.8, 4) is 0 Å². The number of nitrogens with one attached hydrogen (secondary N) is 1. The molecule has 1 aromatic carbocycles. The summed E-state index contributed by atoms with van der Waals surface area (Å²) in [6.07, 6.45) is 4.79. The van der Waals surface area contributed by atoms with E-state index in [-0.39, 0.29) is 11.4 Å². The second-order valence-corrected chi connectivity index (χ2v) is 6.23. The standard InChI is InChI=1S/C13H14ClFN2S/c14-9-4-3-5-10(15)11(9)16-12-17-13(8-18-12)6-1-2-7-13/h3-5H,1-2,6-8H2,(H,16,17). The summed E-state index contributed by atoms with van der Waals surface area (Å²) in [5.74, 6) is 0.666. The maximum atomic E-state index is 13.7. The Balaban J connectivity index is 1.81. The van der Waals surface area contributed by atoms with Crippen LogP contribution in [0.5, 0.6) is 0 Å². The fraction of sp³-hybridized carbons (Fsp3) is 0.462. The van der Waals surface area contributed by atoms with Gasteiger partial charge in [-0.05, 0) is 25.0 Å². The number of hydrogen-bond acceptors (Lipinski definition) is 3. The summed E-state index contributed by atoms with van der Waals surface area (Å²) in [7, 11) is 0. The minimum Gasteiger partial charge on any atom is -0.331 e. The predicted octanol–water partition coefficient (Wildman–Crippen LogP) is 4.31. The van der Waals surface area contributed by atoms with Crippen molar-refractivity contribution in [3.63, 3.8) is 0 Å². The van der Waals surface area contributed by atoms with E-state index >= 15 is 0 Å². The summed E-state index contributed by atoms with van der Waals surface area (Å²) < 4.78 is 13.7. The fourth-order valence-electron chi connectivity index (χ4n) is 2.56. The lowest BCUT2D eigenvalue weighted by atomic mass is 10.0. The maximum absolute atomic E-state index is 13.7. The number of anilines is 1. The van der Waals surface area contributed by atoms with E-state index in [0.29, 0.717) is 10.7 Å². The molecule has 5 heteroatoms. The zero-order valence-electron chi connectivity index (χ0n) is 9.88. The number of thioether (sulfide) groups is 1. The lowest BCUT2D eigenvalue weighted by Crippen LogP contribution is -2.21. The first-order valence-corrected chi connectivity index (χ1v) is 7.49. The average Bonchev–Trinajstić information content (AvgIpc) is 2.96. The third-order valence-electron chi connectivity index (χ3n) is 3.55. The quantitative estimate of drug-likeness (QED) is 0.831. The van der Waals surface area contributed by atoms with Crippen molar-refractivity contribution >= 4 is 34.2 Å². The van der Waals surface area contributed by atoms with Gasteiger partial charge >= 0.3 is 0 Å². The van der Waals surface area contributed by atoms with Crippen LogP contribution in [0.2, 0.25) is 5.02 Å². The number of nitrogens with zero attached hydrogens (tertiary/aromatic N) is 1. The normalized spacial score (nSPS) is 21.3. The van der Waals surface area contributed by atoms with Gasteiger partial charge in [0.05, 0.1) is 16.2 Å². The summed E-state index contributed by atoms with van der Waals surface area (Å²) >= 11 is 7.66. The van der Waals surface area contributed by atoms with Crippen LogP contribution in [-0.2, 0) is 0 Å². The van der Waals surface area contributed by atoms with Crippen molar-refractivity contribution in [1.29, 1.82) is 0 Å². The van der Waals surface area contributed by atoms with Crippen LogP contribution in [-0.4, -0.2) is 16.5 Å². The molecule has 1 aliphatic carbocycles. The van der Waals surface area contributed by atoms with Gasteiger partial charge < -0.3 is 5.32 Å². The van der Waals surface area contributed by atoms with E-state index in [0.717, 1.165) is 23.8 Å². The van der Waals surface area contributed by atoms with Crippen LogP contribution in [0.4, 0.5) is 10.1 Å². The Morgan fingerprint density at radius 1 is 1.33 bits per heavy atom. The molecule has 0 bridgehead atoms. The van der Waals surface area contributed by atoms with Gasteiger partial charge in [0, 0.05) is 5.75 Å². The molecule has 0 amide bonds. The molecule has 0 radical (unpaired) electrons. The second kappa shape index (κ2) is 4.74. The Kier molecular flexibility index (Phi) is 3.24. The van der Waals surface area contributed by atoms with Crippen LogP contribution in [0.3, 0.4) is 0 Å². The van der Waals surface area contributed by atoms with Crippen molar-refractivity contribution in [1.82, 2.24) is 0 Å². The van der Waals surface area contributed by atoms with E-state index in [1.807, 2.05) is 0 Å². The van der Waals surface area contributed by atoms with Crippen LogP contribution in [0.15, 0.2) is 23.2 Å². The molecular formula is C13H14ClFN2S. The third-order valence-corrected chi connectivity index (χ3v) is 5.01. The molecule has 1 fully saturated rings. The predicted molar refractivity (Wildman–Crippen MR) is 76.1 cm³/mol. The number of para-hydroxylation sites is 1. The number of hydrogen-bond donors (Lipinski definition) is 1. The van der Waals surface area contributed by atoms with Gasteiger partial charge in [-0.3, -0.25) is 4.99 Å². The molecule has 1 spiro atoms. The first kappa shape index (κ1) is 12.3. The Labute approximate surface area is 115 Å². The Morgan fingerprint density at radius 2 is 2.11 bits per heavy atom. The van der Waals surface area contributed by atoms with Crippen LogP contribution >= 0.6 is 23.4 Å². The zero-order chi connectivity index (χ0) is 12.6. The maximum Gasteiger partial charge on any atom is 0.161 e. The van der Waals surface area contributed by atoms with Crippen molar-refractivity contribution < 1.29 is 4.39 Å². The van der Waals surface area contributed by atoms with Crippen molar-refractivity contribution in [3.05, 3.63) is 29.0 Å². The first-order valence-electron chi connectivity index (χ1n) is 6.12. The molecular weight excluding hydrogens is 271 g/mol. The largest absolute Gasteiger partial charge is 0.331 e. The summed E-state index contributed by atoms with van der Waals surface area (Å²) in [6, 6.07) is 4.68. The van der Waals surface area contributed by atoms with E-state index in [4.69, 9.17) is 16.6 Å². The lowest BCUT2D eigenvalue weighted by Gasteiger charge is -2.16. The van der Waals surface area contributed by atoms with Gasteiger partial charge in [-0.25, -0.2) is 4.39 Å². The zero-order valence-corrected chi connectivity index (χ0v) is 11.5. The Hall–Kier alpha value is -0.740. The molecule has 1 heterocycles. The first-order chi connectivity index (χ1) is 8.69. The van der Waals surface area contributed by atoms with Crippen molar-refractivity contribution in [2.24, 2.45) is 4.99 Å². The van der Waals surface area contributed by atoms with E-state index in [1.54, 1.807) is 23.9 Å². The molecule has 2 aliphatic rings. The summed E-state index contributed by atoms with van der Waals surface area (Å²) in [5, 5.41) is 4.22. The molecule has 0 atom stereocenters. The smallest absolute Gasteiger partial charge is 0.161 e. The van der Waals surface area contributed by atoms with Crippen molar-refractivity contribution in [2.75, 3.05) is 11.1 Å². The molecule has 3 rings (SSSR count). The van der Waals surface area contributed by atoms with Crippen LogP contribution in [0.1, 0.15) is 25.7 Å². The van der Waals surface area contributed by atoms with Crippen molar-refractivity contribution in [2.45, 2.75) is 31.2 Å². The van der Waals surface area contributed by atoms with Gasteiger partial charge in [-0.15, -0.1) is 0 Å². The summed E-state index contributed by atoms with van der Waals surface area (Å²) in [6.45, 7) is 0. The number of aliphatic imine (C=N–C) groups is 1. The molecule has 18 heavy (non-hydrogen) atoms. The molecule has 1 saturated carbocycles. The highest BCUT2D eigenvalue weighted by atomic mass is 35.5. The monoisotopic (exact) mass is 284 g/mol. The number of halogens is 2. The Bertz CT molecular complexity index is 478. The van der Waals surface area contributed by atoms with Gasteiger partial charge in [0.1, 0.15) is 5.82 Å². The van der Waals surface area contributed by atoms with E-state index in [9.17, 15) is 4.39 Å². The van der Waals surface area contributed by atoms with Gasteiger partial charge in [-0.2, -0.15) is 0 Å². The summed E-state index contributed by atoms with van der Waals surface area (Å²) in [5.41, 5.74) is 0.436. The van der Waals surface area contributed by atoms with Crippen LogP contribution in [0.25, 0.3) is 0 Å². The average molecular weight is 285 g/mol. The topological polar surface area (TPSA) is 24.4 Å². The lowest BCUT2D eigenvalue weighted by molar-refractivity contribution is 0.508. The van der Waals surface area contributed by atoms with E-state index in [1.165, 1.54) is 18.9 Å². The highest BCUT2D eigenvalue weighted by Crippen LogP contribution is 2.41. The summed E-state index contributed by atoms with van der Waals surface area (Å²) in [4.78, 5) is 4.74. The number of benzene rings is 1. The SMILES string of the molecule is Fc1cccc(Cl)c1NC1=NC2(CCCC2)CS1.